The minimum Gasteiger partial charge on any atom is -0.484 e. The number of halogens is 1. The Morgan fingerprint density at radius 1 is 0.965 bits per heavy atom. The molecular formula is C45H60FN9O2. The van der Waals surface area contributed by atoms with Crippen LogP contribution in [0.2, 0.25) is 0 Å². The molecule has 4 atom stereocenters. The molecule has 0 radical (unpaired) electrons. The second-order valence-electron chi connectivity index (χ2n) is 17.5. The molecule has 0 bridgehead atoms. The summed E-state index contributed by atoms with van der Waals surface area (Å²) in [5.74, 6) is 2.93. The SMILES string of the molecule is C[C@H]1CCCCC(c2nnc3ccc(O[C@@H]4CC[C@H](NC(=O)NC(C=C(N)C(C)(C)C)=Nc5ccc(F)c(CN6CCN(C)CC6)c5)c5ccccc54)cn23)CC1. The number of allylic oxidation sites excluding steroid dienone is 1. The molecular weight excluding hydrogens is 718 g/mol. The van der Waals surface area contributed by atoms with Crippen molar-refractivity contribution in [3.63, 3.8) is 0 Å². The van der Waals surface area contributed by atoms with E-state index in [1.165, 1.54) is 31.7 Å². The maximum absolute atomic E-state index is 15.0. The number of carbonyl (C=O) groups is 1. The summed E-state index contributed by atoms with van der Waals surface area (Å²) in [5, 5.41) is 15.3. The van der Waals surface area contributed by atoms with Crippen molar-refractivity contribution < 1.29 is 13.9 Å². The summed E-state index contributed by atoms with van der Waals surface area (Å²) in [4.78, 5) is 23.1. The molecule has 1 saturated carbocycles. The summed E-state index contributed by atoms with van der Waals surface area (Å²) in [6.07, 6.45) is 12.2. The van der Waals surface area contributed by atoms with Gasteiger partial charge < -0.3 is 20.7 Å². The van der Waals surface area contributed by atoms with Crippen molar-refractivity contribution in [1.82, 2.24) is 35.0 Å². The molecule has 1 unspecified atom stereocenters. The average Bonchev–Trinajstić information content (AvgIpc) is 3.59. The first kappa shape index (κ1) is 40.4. The Labute approximate surface area is 337 Å². The highest BCUT2D eigenvalue weighted by atomic mass is 19.1. The zero-order valence-corrected chi connectivity index (χ0v) is 34.3. The van der Waals surface area contributed by atoms with E-state index in [0.29, 0.717) is 42.3 Å². The summed E-state index contributed by atoms with van der Waals surface area (Å²) in [7, 11) is 2.10. The Morgan fingerprint density at radius 3 is 2.53 bits per heavy atom. The molecule has 3 heterocycles. The number of rotatable bonds is 8. The number of urea groups is 1. The van der Waals surface area contributed by atoms with Crippen molar-refractivity contribution in [3.05, 3.63) is 101 Å². The Balaban J connectivity index is 1.06. The van der Waals surface area contributed by atoms with Gasteiger partial charge in [-0.15, -0.1) is 10.2 Å². The lowest BCUT2D eigenvalue weighted by atomic mass is 9.85. The molecule has 4 N–H and O–H groups in total. The maximum Gasteiger partial charge on any atom is 0.320 e. The molecule has 2 aromatic carbocycles. The number of carbonyl (C=O) groups excluding carboxylic acids is 1. The third kappa shape index (κ3) is 10.2. The van der Waals surface area contributed by atoms with E-state index < -0.39 is 6.03 Å². The highest BCUT2D eigenvalue weighted by Gasteiger charge is 2.30. The first-order valence-corrected chi connectivity index (χ1v) is 20.8. The van der Waals surface area contributed by atoms with Gasteiger partial charge >= 0.3 is 6.03 Å². The molecule has 12 heteroatoms. The van der Waals surface area contributed by atoms with Gasteiger partial charge in [-0.2, -0.15) is 0 Å². The first-order valence-electron chi connectivity index (χ1n) is 20.8. The Morgan fingerprint density at radius 2 is 1.74 bits per heavy atom. The van der Waals surface area contributed by atoms with Gasteiger partial charge in [-0.25, -0.2) is 14.2 Å². The third-order valence-electron chi connectivity index (χ3n) is 12.0. The van der Waals surface area contributed by atoms with Gasteiger partial charge in [0, 0.05) is 61.4 Å². The number of ether oxygens (including phenoxy) is 1. The molecule has 4 aromatic rings. The minimum absolute atomic E-state index is 0.188. The number of amides is 2. The number of pyridine rings is 1. The van der Waals surface area contributed by atoms with Crippen LogP contribution in [0.3, 0.4) is 0 Å². The van der Waals surface area contributed by atoms with E-state index in [2.05, 4.69) is 61.1 Å². The van der Waals surface area contributed by atoms with Gasteiger partial charge in [0.05, 0.1) is 17.9 Å². The Bertz CT molecular complexity index is 2080. The van der Waals surface area contributed by atoms with Crippen molar-refractivity contribution in [1.29, 1.82) is 0 Å². The van der Waals surface area contributed by atoms with Crippen LogP contribution in [0.25, 0.3) is 5.65 Å². The van der Waals surface area contributed by atoms with Gasteiger partial charge in [0.1, 0.15) is 29.3 Å². The minimum atomic E-state index is -0.403. The maximum atomic E-state index is 15.0. The van der Waals surface area contributed by atoms with Gasteiger partial charge in [-0.1, -0.05) is 77.6 Å². The summed E-state index contributed by atoms with van der Waals surface area (Å²) in [6.45, 7) is 12.5. The van der Waals surface area contributed by atoms with E-state index in [1.807, 2.05) is 51.2 Å². The van der Waals surface area contributed by atoms with Crippen LogP contribution in [-0.4, -0.2) is 69.5 Å². The number of nitrogens with zero attached hydrogens (tertiary/aromatic N) is 6. The van der Waals surface area contributed by atoms with Crippen LogP contribution < -0.4 is 21.1 Å². The smallest absolute Gasteiger partial charge is 0.320 e. The van der Waals surface area contributed by atoms with E-state index in [9.17, 15) is 4.79 Å². The predicted octanol–water partition coefficient (Wildman–Crippen LogP) is 8.56. The Kier molecular flexibility index (Phi) is 12.6. The number of hydrogen-bond acceptors (Lipinski definition) is 8. The molecule has 7 rings (SSSR count). The van der Waals surface area contributed by atoms with Gasteiger partial charge in [0.15, 0.2) is 5.65 Å². The lowest BCUT2D eigenvalue weighted by molar-refractivity contribution is 0.147. The summed E-state index contributed by atoms with van der Waals surface area (Å²) < 4.78 is 23.8. The molecule has 3 aliphatic rings. The molecule has 2 aliphatic carbocycles. The normalized spacial score (nSPS) is 23.1. The lowest BCUT2D eigenvalue weighted by Gasteiger charge is -2.32. The number of amidine groups is 1. The predicted molar refractivity (Wildman–Crippen MR) is 224 cm³/mol. The lowest BCUT2D eigenvalue weighted by Crippen LogP contribution is -2.44. The van der Waals surface area contributed by atoms with Crippen LogP contribution in [0.15, 0.2) is 77.6 Å². The van der Waals surface area contributed by atoms with E-state index >= 15 is 4.39 Å². The van der Waals surface area contributed by atoms with E-state index in [4.69, 9.17) is 15.5 Å². The molecule has 11 nitrogen and oxygen atoms in total. The molecule has 57 heavy (non-hydrogen) atoms. The van der Waals surface area contributed by atoms with Crippen LogP contribution in [0, 0.1) is 17.2 Å². The number of nitrogens with two attached hydrogens (primary N) is 1. The van der Waals surface area contributed by atoms with Crippen molar-refractivity contribution >= 4 is 23.2 Å². The topological polar surface area (TPSA) is 125 Å². The van der Waals surface area contributed by atoms with Gasteiger partial charge in [0.25, 0.3) is 0 Å². The number of benzene rings is 2. The zero-order valence-electron chi connectivity index (χ0n) is 34.3. The van der Waals surface area contributed by atoms with E-state index in [-0.39, 0.29) is 29.2 Å². The second kappa shape index (κ2) is 17.8. The molecule has 0 spiro atoms. The average molecular weight is 778 g/mol. The first-order chi connectivity index (χ1) is 27.4. The van der Waals surface area contributed by atoms with Crippen LogP contribution in [0.4, 0.5) is 14.9 Å². The molecule has 1 saturated heterocycles. The number of aliphatic imine (C=N–C) groups is 1. The quantitative estimate of drug-likeness (QED) is 0.121. The van der Waals surface area contributed by atoms with Crippen molar-refractivity contribution in [2.75, 3.05) is 33.2 Å². The van der Waals surface area contributed by atoms with Gasteiger partial charge in [0.2, 0.25) is 0 Å². The summed E-state index contributed by atoms with van der Waals surface area (Å²) in [5.41, 5.74) is 10.7. The number of piperazine rings is 1. The number of hydrogen-bond donors (Lipinski definition) is 3. The fourth-order valence-corrected chi connectivity index (χ4v) is 8.25. The van der Waals surface area contributed by atoms with E-state index in [1.54, 1.807) is 18.2 Å². The molecule has 2 amide bonds. The van der Waals surface area contributed by atoms with E-state index in [0.717, 1.165) is 73.3 Å². The monoisotopic (exact) mass is 777 g/mol. The van der Waals surface area contributed by atoms with Crippen molar-refractivity contribution in [2.45, 2.75) is 104 Å². The molecule has 1 aliphatic heterocycles. The number of likely N-dealkylation sites (N-methyl/N-ethyl adjacent to an activating group) is 1. The van der Waals surface area contributed by atoms with Crippen LogP contribution in [0.1, 0.15) is 120 Å². The number of aromatic nitrogens is 3. The molecule has 304 valence electrons. The summed E-state index contributed by atoms with van der Waals surface area (Å²) in [6, 6.07) is 16.3. The Hall–Kier alpha value is -4.81. The molecule has 2 aromatic heterocycles. The van der Waals surface area contributed by atoms with Gasteiger partial charge in [-0.05, 0) is 80.1 Å². The summed E-state index contributed by atoms with van der Waals surface area (Å²) >= 11 is 0. The fourth-order valence-electron chi connectivity index (χ4n) is 8.25. The third-order valence-corrected chi connectivity index (χ3v) is 12.0. The van der Waals surface area contributed by atoms with Crippen molar-refractivity contribution in [2.24, 2.45) is 22.1 Å². The standard InChI is InChI=1S/C45H60FN9O2/c1-30-10-6-7-11-31(15-14-30)43-52-51-42-21-17-34(29-55(42)43)57-39-20-19-38(35-12-8-9-13-36(35)39)49-44(56)50-41(27-40(47)45(2,3)4)48-33-16-18-37(46)32(26-33)28-54-24-22-53(5)23-25-54/h8-9,12-13,16-18,21,26-27,29-31,38-39H,6-7,10-11,14-15,19-20,22-25,28,47H2,1-5H3,(H2,48,49,50,56)/t30-,31?,38-,39+/m0/s1. The molecule has 2 fully saturated rings. The number of fused-ring (bicyclic) bond motifs is 2. The highest BCUT2D eigenvalue weighted by molar-refractivity contribution is 6.05. The highest BCUT2D eigenvalue weighted by Crippen LogP contribution is 2.39. The fraction of sp³-hybridized carbons (Fsp3) is 0.511. The van der Waals surface area contributed by atoms with Crippen LogP contribution >= 0.6 is 0 Å². The number of nitrogens with one attached hydrogen (secondary N) is 2. The van der Waals surface area contributed by atoms with Crippen LogP contribution in [-0.2, 0) is 6.54 Å². The van der Waals surface area contributed by atoms with Crippen molar-refractivity contribution in [3.8, 4) is 5.75 Å². The second-order valence-corrected chi connectivity index (χ2v) is 17.5. The zero-order chi connectivity index (χ0) is 40.1. The largest absolute Gasteiger partial charge is 0.484 e. The van der Waals surface area contributed by atoms with Gasteiger partial charge in [-0.3, -0.25) is 14.6 Å². The van der Waals surface area contributed by atoms with Crippen LogP contribution in [0.5, 0.6) is 5.75 Å².